The van der Waals surface area contributed by atoms with Crippen molar-refractivity contribution in [3.05, 3.63) is 60.2 Å². The van der Waals surface area contributed by atoms with Crippen LogP contribution in [0.1, 0.15) is 42.5 Å². The first-order chi connectivity index (χ1) is 19.5. The predicted molar refractivity (Wildman–Crippen MR) is 155 cm³/mol. The zero-order valence-electron chi connectivity index (χ0n) is 22.7. The number of methoxy groups -OCH3 is 1. The van der Waals surface area contributed by atoms with Gasteiger partial charge in [0.15, 0.2) is 5.78 Å². The van der Waals surface area contributed by atoms with Crippen LogP contribution in [-0.4, -0.2) is 62.0 Å². The van der Waals surface area contributed by atoms with E-state index in [0.717, 1.165) is 35.1 Å². The maximum absolute atomic E-state index is 13.1. The number of hydrogen-bond acceptors (Lipinski definition) is 7. The van der Waals surface area contributed by atoms with Crippen molar-refractivity contribution in [2.45, 2.75) is 37.7 Å². The van der Waals surface area contributed by atoms with Crippen molar-refractivity contribution in [3.63, 3.8) is 0 Å². The van der Waals surface area contributed by atoms with E-state index in [1.54, 1.807) is 7.11 Å². The van der Waals surface area contributed by atoms with E-state index in [4.69, 9.17) is 13.9 Å². The number of carbonyl (C=O) groups excluding carboxylic acids is 2. The fourth-order valence-corrected chi connectivity index (χ4v) is 6.46. The number of carbonyl (C=O) groups is 2. The standard InChI is InChI=1S/C32H33N3O5/c1-38-30-17-24-22-6-2-3-7-27(22)39-28(24)18-25(30)33-31(37)20-34-14-10-32(11-15-34)19-26(36)23-9-8-21(16-29(23)40-32)35-12-4-5-13-35/h2-3,6-9,16-18H,4-5,10-15,19-20H2,1H3,(H,33,37). The molecular weight excluding hydrogens is 506 g/mol. The van der Waals surface area contributed by atoms with Crippen molar-refractivity contribution < 1.29 is 23.5 Å². The van der Waals surface area contributed by atoms with Crippen LogP contribution in [0, 0.1) is 0 Å². The molecule has 0 unspecified atom stereocenters. The molecule has 4 aromatic rings. The highest BCUT2D eigenvalue weighted by molar-refractivity contribution is 6.08. The monoisotopic (exact) mass is 539 g/mol. The van der Waals surface area contributed by atoms with Crippen molar-refractivity contribution in [1.29, 1.82) is 0 Å². The second-order valence-corrected chi connectivity index (χ2v) is 11.2. The predicted octanol–water partition coefficient (Wildman–Crippen LogP) is 5.63. The summed E-state index contributed by atoms with van der Waals surface area (Å²) in [5.41, 5.74) is 3.39. The molecule has 8 heteroatoms. The normalized spacial score (nSPS) is 18.7. The second kappa shape index (κ2) is 9.86. The van der Waals surface area contributed by atoms with Crippen LogP contribution in [0.25, 0.3) is 21.9 Å². The van der Waals surface area contributed by atoms with E-state index in [1.165, 1.54) is 12.8 Å². The Bertz CT molecular complexity index is 1610. The Morgan fingerprint density at radius 1 is 0.975 bits per heavy atom. The number of anilines is 2. The largest absolute Gasteiger partial charge is 0.495 e. The molecule has 8 nitrogen and oxygen atoms in total. The molecule has 4 heterocycles. The molecule has 1 N–H and O–H groups in total. The third kappa shape index (κ3) is 4.46. The average molecular weight is 540 g/mol. The van der Waals surface area contributed by atoms with Crippen LogP contribution in [0.2, 0.25) is 0 Å². The number of piperidine rings is 1. The summed E-state index contributed by atoms with van der Waals surface area (Å²) in [5, 5.41) is 4.97. The number of nitrogens with one attached hydrogen (secondary N) is 1. The average Bonchev–Trinajstić information content (AvgIpc) is 3.62. The zero-order valence-corrected chi connectivity index (χ0v) is 22.7. The zero-order chi connectivity index (χ0) is 27.3. The molecule has 7 rings (SSSR count). The van der Waals surface area contributed by atoms with Crippen LogP contribution < -0.4 is 19.7 Å². The number of para-hydroxylation sites is 1. The van der Waals surface area contributed by atoms with Gasteiger partial charge in [-0.3, -0.25) is 14.5 Å². The maximum Gasteiger partial charge on any atom is 0.238 e. The number of furan rings is 1. The molecule has 3 aliphatic heterocycles. The molecule has 0 aliphatic carbocycles. The first-order valence-corrected chi connectivity index (χ1v) is 14.1. The smallest absolute Gasteiger partial charge is 0.238 e. The number of fused-ring (bicyclic) bond motifs is 4. The highest BCUT2D eigenvalue weighted by atomic mass is 16.5. The van der Waals surface area contributed by atoms with E-state index in [-0.39, 0.29) is 18.2 Å². The molecule has 2 fully saturated rings. The molecule has 1 spiro atoms. The molecule has 0 bridgehead atoms. The molecule has 1 aromatic heterocycles. The lowest BCUT2D eigenvalue weighted by Gasteiger charge is -2.44. The summed E-state index contributed by atoms with van der Waals surface area (Å²) >= 11 is 0. The van der Waals surface area contributed by atoms with E-state index in [0.29, 0.717) is 60.7 Å². The Balaban J connectivity index is 1.01. The summed E-state index contributed by atoms with van der Waals surface area (Å²) in [6, 6.07) is 17.6. The Kier molecular flexibility index (Phi) is 6.15. The van der Waals surface area contributed by atoms with Gasteiger partial charge in [-0.15, -0.1) is 0 Å². The molecule has 0 atom stereocenters. The van der Waals surface area contributed by atoms with Gasteiger partial charge in [0.25, 0.3) is 0 Å². The van der Waals surface area contributed by atoms with Gasteiger partial charge >= 0.3 is 0 Å². The summed E-state index contributed by atoms with van der Waals surface area (Å²) < 4.78 is 18.2. The molecule has 2 saturated heterocycles. The first kappa shape index (κ1) is 25.0. The van der Waals surface area contributed by atoms with Crippen molar-refractivity contribution in [3.8, 4) is 11.5 Å². The lowest BCUT2D eigenvalue weighted by molar-refractivity contribution is -0.118. The molecular formula is C32H33N3O5. The number of rotatable bonds is 5. The van der Waals surface area contributed by atoms with Gasteiger partial charge in [0.1, 0.15) is 28.3 Å². The first-order valence-electron chi connectivity index (χ1n) is 14.1. The van der Waals surface area contributed by atoms with Gasteiger partial charge in [-0.2, -0.15) is 0 Å². The van der Waals surface area contributed by atoms with Crippen molar-refractivity contribution in [2.75, 3.05) is 50.1 Å². The van der Waals surface area contributed by atoms with Crippen molar-refractivity contribution in [2.24, 2.45) is 0 Å². The molecule has 3 aliphatic rings. The van der Waals surface area contributed by atoms with Gasteiger partial charge < -0.3 is 24.1 Å². The molecule has 3 aromatic carbocycles. The van der Waals surface area contributed by atoms with Gasteiger partial charge in [0.05, 0.1) is 31.3 Å². The SMILES string of the molecule is COc1cc2c(cc1NC(=O)CN1CCC3(CC1)CC(=O)c1ccc(N4CCCC4)cc1O3)oc1ccccc12. The van der Waals surface area contributed by atoms with Crippen LogP contribution >= 0.6 is 0 Å². The summed E-state index contributed by atoms with van der Waals surface area (Å²) in [4.78, 5) is 30.6. The Hall–Kier alpha value is -4.04. The van der Waals surface area contributed by atoms with Crippen LogP contribution in [0.5, 0.6) is 11.5 Å². The van der Waals surface area contributed by atoms with E-state index < -0.39 is 5.60 Å². The lowest BCUT2D eigenvalue weighted by Crippen LogP contribution is -2.52. The Morgan fingerprint density at radius 3 is 2.58 bits per heavy atom. The number of Topliss-reactive ketones (excluding diaryl/α,β-unsaturated/α-hetero) is 1. The molecule has 0 saturated carbocycles. The maximum atomic E-state index is 13.1. The van der Waals surface area contributed by atoms with Gasteiger partial charge in [0.2, 0.25) is 5.91 Å². The van der Waals surface area contributed by atoms with Crippen LogP contribution in [0.3, 0.4) is 0 Å². The highest BCUT2D eigenvalue weighted by Gasteiger charge is 2.43. The summed E-state index contributed by atoms with van der Waals surface area (Å²) in [5.74, 6) is 1.32. The van der Waals surface area contributed by atoms with Crippen LogP contribution in [-0.2, 0) is 4.79 Å². The summed E-state index contributed by atoms with van der Waals surface area (Å²) in [6.07, 6.45) is 4.19. The fraction of sp³-hybridized carbons (Fsp3) is 0.375. The van der Waals surface area contributed by atoms with Crippen LogP contribution in [0.4, 0.5) is 11.4 Å². The quantitative estimate of drug-likeness (QED) is 0.352. The van der Waals surface area contributed by atoms with Crippen molar-refractivity contribution >= 4 is 45.0 Å². The summed E-state index contributed by atoms with van der Waals surface area (Å²) in [7, 11) is 1.60. The number of amides is 1. The minimum absolute atomic E-state index is 0.119. The lowest BCUT2D eigenvalue weighted by atomic mass is 9.82. The number of hydrogen-bond donors (Lipinski definition) is 1. The van der Waals surface area contributed by atoms with E-state index >= 15 is 0 Å². The van der Waals surface area contributed by atoms with E-state index in [1.807, 2.05) is 54.6 Å². The number of nitrogens with zero attached hydrogens (tertiary/aromatic N) is 2. The topological polar surface area (TPSA) is 84.2 Å². The second-order valence-electron chi connectivity index (χ2n) is 11.2. The van der Waals surface area contributed by atoms with Crippen molar-refractivity contribution in [1.82, 2.24) is 4.90 Å². The van der Waals surface area contributed by atoms with Gasteiger partial charge in [-0.25, -0.2) is 0 Å². The molecule has 0 radical (unpaired) electrons. The van der Waals surface area contributed by atoms with Crippen LogP contribution in [0.15, 0.2) is 59.0 Å². The minimum Gasteiger partial charge on any atom is -0.495 e. The van der Waals surface area contributed by atoms with E-state index in [2.05, 4.69) is 15.1 Å². The molecule has 40 heavy (non-hydrogen) atoms. The third-order valence-electron chi connectivity index (χ3n) is 8.65. The number of likely N-dealkylation sites (tertiary alicyclic amines) is 1. The Labute approximate surface area is 232 Å². The summed E-state index contributed by atoms with van der Waals surface area (Å²) in [6.45, 7) is 3.71. The Morgan fingerprint density at radius 2 is 1.77 bits per heavy atom. The fourth-order valence-electron chi connectivity index (χ4n) is 6.46. The van der Waals surface area contributed by atoms with Gasteiger partial charge in [-0.1, -0.05) is 18.2 Å². The minimum atomic E-state index is -0.504. The molecule has 206 valence electrons. The van der Waals surface area contributed by atoms with Gasteiger partial charge in [-0.05, 0) is 37.1 Å². The molecule has 1 amide bonds. The van der Waals surface area contributed by atoms with E-state index in [9.17, 15) is 9.59 Å². The number of ether oxygens (including phenoxy) is 2. The van der Waals surface area contributed by atoms with Gasteiger partial charge in [0, 0.05) is 67.6 Å². The highest BCUT2D eigenvalue weighted by Crippen LogP contribution is 2.41. The number of ketones is 1. The third-order valence-corrected chi connectivity index (χ3v) is 8.65. The number of benzene rings is 3.